The van der Waals surface area contributed by atoms with Crippen molar-refractivity contribution in [1.82, 2.24) is 10.2 Å². The number of amides is 2. The summed E-state index contributed by atoms with van der Waals surface area (Å²) in [5.74, 6) is 0.0419. The van der Waals surface area contributed by atoms with Crippen LogP contribution in [-0.4, -0.2) is 29.4 Å². The zero-order chi connectivity index (χ0) is 12.3. The zero-order valence-corrected chi connectivity index (χ0v) is 10.6. The Balaban J connectivity index is 2.00. The van der Waals surface area contributed by atoms with E-state index in [-0.39, 0.29) is 18.0 Å². The maximum absolute atomic E-state index is 11.9. The molecule has 1 fully saturated rings. The molecule has 1 aliphatic rings. The molecule has 0 radical (unpaired) electrons. The number of hydrogen-bond donors (Lipinski definition) is 1. The van der Waals surface area contributed by atoms with Crippen molar-refractivity contribution in [2.24, 2.45) is 0 Å². The van der Waals surface area contributed by atoms with Crippen LogP contribution >= 0.6 is 11.3 Å². The van der Waals surface area contributed by atoms with Gasteiger partial charge in [0.15, 0.2) is 0 Å². The zero-order valence-electron chi connectivity index (χ0n) is 9.81. The number of thiophene rings is 1. The minimum absolute atomic E-state index is 0.0993. The van der Waals surface area contributed by atoms with E-state index in [1.54, 1.807) is 11.0 Å². The third-order valence-electron chi connectivity index (χ3n) is 2.95. The first-order valence-electron chi connectivity index (χ1n) is 5.85. The molecule has 0 saturated carbocycles. The Labute approximate surface area is 105 Å². The molecule has 5 heteroatoms. The van der Waals surface area contributed by atoms with E-state index in [1.807, 2.05) is 17.7 Å². The standard InChI is InChI=1S/C12H16N2O2S/c1-2-10(14-6-3-4-11(14)15)13-12(16)9-5-7-17-8-9/h5,7-8,10H,2-4,6H2,1H3,(H,13,16). The van der Waals surface area contributed by atoms with Crippen LogP contribution in [0, 0.1) is 0 Å². The lowest BCUT2D eigenvalue weighted by atomic mass is 10.2. The van der Waals surface area contributed by atoms with Gasteiger partial charge in [-0.05, 0) is 24.3 Å². The van der Waals surface area contributed by atoms with Crippen LogP contribution in [0.4, 0.5) is 0 Å². The lowest BCUT2D eigenvalue weighted by Crippen LogP contribution is -2.48. The fourth-order valence-electron chi connectivity index (χ4n) is 2.03. The summed E-state index contributed by atoms with van der Waals surface area (Å²) in [5, 5.41) is 6.60. The summed E-state index contributed by atoms with van der Waals surface area (Å²) < 4.78 is 0. The van der Waals surface area contributed by atoms with Gasteiger partial charge in [0.05, 0.1) is 5.56 Å². The lowest BCUT2D eigenvalue weighted by Gasteiger charge is -2.27. The first-order valence-corrected chi connectivity index (χ1v) is 6.79. The Morgan fingerprint density at radius 3 is 3.00 bits per heavy atom. The van der Waals surface area contributed by atoms with Crippen LogP contribution in [-0.2, 0) is 4.79 Å². The monoisotopic (exact) mass is 252 g/mol. The van der Waals surface area contributed by atoms with E-state index in [0.29, 0.717) is 12.0 Å². The van der Waals surface area contributed by atoms with Crippen LogP contribution in [0.1, 0.15) is 36.5 Å². The molecule has 2 amide bonds. The quantitative estimate of drug-likeness (QED) is 0.889. The molecule has 17 heavy (non-hydrogen) atoms. The molecule has 0 bridgehead atoms. The smallest absolute Gasteiger partial charge is 0.253 e. The van der Waals surface area contributed by atoms with E-state index >= 15 is 0 Å². The Bertz CT molecular complexity index is 403. The van der Waals surface area contributed by atoms with E-state index in [2.05, 4.69) is 5.32 Å². The van der Waals surface area contributed by atoms with Crippen molar-refractivity contribution in [1.29, 1.82) is 0 Å². The third-order valence-corrected chi connectivity index (χ3v) is 3.64. The van der Waals surface area contributed by atoms with Gasteiger partial charge < -0.3 is 10.2 Å². The average molecular weight is 252 g/mol. The molecular formula is C12H16N2O2S. The van der Waals surface area contributed by atoms with E-state index < -0.39 is 0 Å². The minimum atomic E-state index is -0.169. The number of carbonyl (C=O) groups is 2. The summed E-state index contributed by atoms with van der Waals surface area (Å²) in [7, 11) is 0. The molecule has 1 unspecified atom stereocenters. The van der Waals surface area contributed by atoms with Crippen molar-refractivity contribution in [2.75, 3.05) is 6.54 Å². The fraction of sp³-hybridized carbons (Fsp3) is 0.500. The molecule has 2 rings (SSSR count). The topological polar surface area (TPSA) is 49.4 Å². The van der Waals surface area contributed by atoms with Crippen molar-refractivity contribution in [3.63, 3.8) is 0 Å². The largest absolute Gasteiger partial charge is 0.332 e. The molecule has 1 aliphatic heterocycles. The molecule has 4 nitrogen and oxygen atoms in total. The summed E-state index contributed by atoms with van der Waals surface area (Å²) in [6.45, 7) is 2.73. The summed E-state index contributed by atoms with van der Waals surface area (Å²) in [5.41, 5.74) is 0.667. The maximum Gasteiger partial charge on any atom is 0.253 e. The van der Waals surface area contributed by atoms with E-state index in [4.69, 9.17) is 0 Å². The number of rotatable bonds is 4. The maximum atomic E-state index is 11.9. The average Bonchev–Trinajstić information content (AvgIpc) is 2.96. The normalized spacial score (nSPS) is 17.2. The van der Waals surface area contributed by atoms with Crippen LogP contribution < -0.4 is 5.32 Å². The molecule has 1 aromatic rings. The van der Waals surface area contributed by atoms with E-state index in [0.717, 1.165) is 19.4 Å². The Hall–Kier alpha value is -1.36. The Morgan fingerprint density at radius 2 is 2.47 bits per heavy atom. The van der Waals surface area contributed by atoms with Gasteiger partial charge in [0.25, 0.3) is 5.91 Å². The summed E-state index contributed by atoms with van der Waals surface area (Å²) in [6.07, 6.45) is 2.06. The highest BCUT2D eigenvalue weighted by molar-refractivity contribution is 7.08. The van der Waals surface area contributed by atoms with Gasteiger partial charge in [-0.3, -0.25) is 9.59 Å². The van der Waals surface area contributed by atoms with Crippen LogP contribution in [0.15, 0.2) is 16.8 Å². The summed E-state index contributed by atoms with van der Waals surface area (Å²) in [4.78, 5) is 25.3. The molecule has 1 aromatic heterocycles. The van der Waals surface area contributed by atoms with Gasteiger partial charge in [-0.1, -0.05) is 6.92 Å². The van der Waals surface area contributed by atoms with Crippen molar-refractivity contribution in [3.8, 4) is 0 Å². The molecule has 0 aromatic carbocycles. The van der Waals surface area contributed by atoms with Crippen LogP contribution in [0.2, 0.25) is 0 Å². The molecule has 2 heterocycles. The van der Waals surface area contributed by atoms with Gasteiger partial charge in [0.2, 0.25) is 5.91 Å². The summed E-state index contributed by atoms with van der Waals surface area (Å²) in [6, 6.07) is 1.79. The number of nitrogens with zero attached hydrogens (tertiary/aromatic N) is 1. The highest BCUT2D eigenvalue weighted by atomic mass is 32.1. The second kappa shape index (κ2) is 5.31. The summed E-state index contributed by atoms with van der Waals surface area (Å²) >= 11 is 1.49. The van der Waals surface area contributed by atoms with Crippen molar-refractivity contribution < 1.29 is 9.59 Å². The van der Waals surface area contributed by atoms with Gasteiger partial charge >= 0.3 is 0 Å². The molecular weight excluding hydrogens is 236 g/mol. The second-order valence-corrected chi connectivity index (χ2v) is 4.88. The number of carbonyl (C=O) groups excluding carboxylic acids is 2. The molecule has 0 aliphatic carbocycles. The highest BCUT2D eigenvalue weighted by Crippen LogP contribution is 2.15. The van der Waals surface area contributed by atoms with Crippen molar-refractivity contribution in [2.45, 2.75) is 32.4 Å². The lowest BCUT2D eigenvalue weighted by molar-refractivity contribution is -0.130. The third kappa shape index (κ3) is 2.66. The van der Waals surface area contributed by atoms with Crippen LogP contribution in [0.25, 0.3) is 0 Å². The fourth-order valence-corrected chi connectivity index (χ4v) is 2.66. The first-order chi connectivity index (χ1) is 8.22. The predicted octanol–water partition coefficient (Wildman–Crippen LogP) is 1.84. The Kier molecular flexibility index (Phi) is 3.78. The molecule has 1 saturated heterocycles. The number of hydrogen-bond acceptors (Lipinski definition) is 3. The van der Waals surface area contributed by atoms with Gasteiger partial charge in [-0.2, -0.15) is 11.3 Å². The molecule has 0 spiro atoms. The van der Waals surface area contributed by atoms with Gasteiger partial charge in [0, 0.05) is 18.3 Å². The molecule has 92 valence electrons. The second-order valence-electron chi connectivity index (χ2n) is 4.10. The first kappa shape index (κ1) is 12.1. The predicted molar refractivity (Wildman–Crippen MR) is 66.8 cm³/mol. The van der Waals surface area contributed by atoms with Gasteiger partial charge in [-0.25, -0.2) is 0 Å². The number of nitrogens with one attached hydrogen (secondary N) is 1. The van der Waals surface area contributed by atoms with Crippen LogP contribution in [0.3, 0.4) is 0 Å². The van der Waals surface area contributed by atoms with Gasteiger partial charge in [0.1, 0.15) is 6.17 Å². The van der Waals surface area contributed by atoms with Gasteiger partial charge in [-0.15, -0.1) is 0 Å². The van der Waals surface area contributed by atoms with E-state index in [9.17, 15) is 9.59 Å². The van der Waals surface area contributed by atoms with Crippen molar-refractivity contribution >= 4 is 23.2 Å². The van der Waals surface area contributed by atoms with Crippen molar-refractivity contribution in [3.05, 3.63) is 22.4 Å². The number of likely N-dealkylation sites (tertiary alicyclic amines) is 1. The SMILES string of the molecule is CCC(NC(=O)c1ccsc1)N1CCCC1=O. The Morgan fingerprint density at radius 1 is 1.65 bits per heavy atom. The van der Waals surface area contributed by atoms with E-state index in [1.165, 1.54) is 11.3 Å². The minimum Gasteiger partial charge on any atom is -0.332 e. The molecule has 1 atom stereocenters. The highest BCUT2D eigenvalue weighted by Gasteiger charge is 2.27. The van der Waals surface area contributed by atoms with Crippen LogP contribution in [0.5, 0.6) is 0 Å². The molecule has 1 N–H and O–H groups in total.